The van der Waals surface area contributed by atoms with Crippen molar-refractivity contribution < 1.29 is 15.6 Å². The maximum Gasteiger partial charge on any atom is 0.407 e. The minimum absolute atomic E-state index is 0.0209. The van der Waals surface area contributed by atoms with E-state index in [0.717, 1.165) is 0 Å². The molecule has 0 saturated heterocycles. The number of hydrogen-bond donors (Lipinski definition) is 4. The average molecular weight is 457 g/mol. The highest BCUT2D eigenvalue weighted by Crippen LogP contribution is 2.33. The van der Waals surface area contributed by atoms with Crippen molar-refractivity contribution in [1.29, 1.82) is 0 Å². The molecule has 1 atom stereocenters. The van der Waals surface area contributed by atoms with Gasteiger partial charge in [-0.3, -0.25) is 0 Å². The van der Waals surface area contributed by atoms with Crippen LogP contribution in [0.15, 0.2) is 18.4 Å². The third-order valence-corrected chi connectivity index (χ3v) is 4.57. The van der Waals surface area contributed by atoms with Gasteiger partial charge in [-0.05, 0) is 13.0 Å². The van der Waals surface area contributed by atoms with E-state index < -0.39 is 6.09 Å². The number of nitrogens with one attached hydrogen (secondary N) is 3. The van der Waals surface area contributed by atoms with Crippen LogP contribution in [0.2, 0.25) is 0 Å². The molecule has 33 heavy (non-hydrogen) atoms. The third-order valence-electron chi connectivity index (χ3n) is 4.57. The minimum atomic E-state index is -0.521. The molecule has 0 aliphatic heterocycles. The van der Waals surface area contributed by atoms with Crippen LogP contribution in [0.25, 0.3) is 22.8 Å². The van der Waals surface area contributed by atoms with Crippen LogP contribution in [0.3, 0.4) is 0 Å². The fraction of sp³-hybridized carbons (Fsp3) is 0.429. The van der Waals surface area contributed by atoms with Crippen molar-refractivity contribution in [2.75, 3.05) is 31.8 Å². The highest BCUT2D eigenvalue weighted by molar-refractivity contribution is 5.75. The van der Waals surface area contributed by atoms with Crippen LogP contribution in [-0.4, -0.2) is 62.8 Å². The molecule has 3 aromatic rings. The minimum Gasteiger partial charge on any atom is -0.478 e. The number of anilines is 2. The number of rotatable bonds is 7. The predicted octanol–water partition coefficient (Wildman–Crippen LogP) is 2.37. The van der Waals surface area contributed by atoms with Crippen molar-refractivity contribution in [3.8, 4) is 28.7 Å². The molecule has 0 aliphatic carbocycles. The van der Waals surface area contributed by atoms with Gasteiger partial charge in [0.15, 0.2) is 5.82 Å². The van der Waals surface area contributed by atoms with Crippen LogP contribution in [0.4, 0.5) is 16.6 Å². The summed E-state index contributed by atoms with van der Waals surface area (Å²) in [6.07, 6.45) is 0.940. The average Bonchev–Trinajstić information content (AvgIpc) is 3.24. The summed E-state index contributed by atoms with van der Waals surface area (Å²) < 4.78 is 18.1. The Morgan fingerprint density at radius 2 is 2.00 bits per heavy atom. The molecule has 12 heteroatoms. The monoisotopic (exact) mass is 456 g/mol. The number of aromatic amines is 1. The number of nitrogen functional groups attached to an aromatic ring is 1. The SMILES string of the molecule is [2H]c1nc(N)c(OC)nc1-c1nc(C(C)(C)C)[nH]c1-c1ccnc(NC[C@H](C)NC(=O)OC)n1. The van der Waals surface area contributed by atoms with Crippen LogP contribution in [0.1, 0.15) is 34.9 Å². The summed E-state index contributed by atoms with van der Waals surface area (Å²) in [5.74, 6) is 1.15. The van der Waals surface area contributed by atoms with E-state index in [9.17, 15) is 4.79 Å². The molecule has 0 radical (unpaired) electrons. The zero-order valence-corrected chi connectivity index (χ0v) is 19.5. The van der Waals surface area contributed by atoms with Gasteiger partial charge in [-0.1, -0.05) is 20.8 Å². The van der Waals surface area contributed by atoms with Gasteiger partial charge in [0.25, 0.3) is 5.88 Å². The molecule has 3 heterocycles. The van der Waals surface area contributed by atoms with Crippen molar-refractivity contribution in [1.82, 2.24) is 35.2 Å². The van der Waals surface area contributed by atoms with Gasteiger partial charge in [-0.15, -0.1) is 0 Å². The molecule has 3 rings (SSSR count). The molecular weight excluding hydrogens is 426 g/mol. The Hall–Kier alpha value is -3.96. The molecule has 1 amide bonds. The molecule has 3 aromatic heterocycles. The summed E-state index contributed by atoms with van der Waals surface area (Å²) >= 11 is 0. The standard InChI is InChI=1S/C21H29N9O3/c1-11(26-20(31)33-6)9-25-19-23-8-7-12(28-19)14-15(30-18(29-14)21(2,3)4)13-10-24-16(22)17(27-13)32-5/h7-8,10-11H,9H2,1-6H3,(H2,22,24)(H,26,31)(H,29,30)(H,23,25,28)/t11-/m0/s1/i10D. The lowest BCUT2D eigenvalue weighted by molar-refractivity contribution is 0.168. The summed E-state index contributed by atoms with van der Waals surface area (Å²) in [4.78, 5) is 36.7. The molecule has 12 nitrogen and oxygen atoms in total. The molecule has 176 valence electrons. The van der Waals surface area contributed by atoms with Crippen LogP contribution in [-0.2, 0) is 10.2 Å². The first-order valence-electron chi connectivity index (χ1n) is 10.7. The summed E-state index contributed by atoms with van der Waals surface area (Å²) in [5.41, 5.74) is 7.17. The van der Waals surface area contributed by atoms with E-state index in [-0.39, 0.29) is 35.0 Å². The van der Waals surface area contributed by atoms with E-state index >= 15 is 0 Å². The van der Waals surface area contributed by atoms with Gasteiger partial charge in [-0.25, -0.2) is 29.7 Å². The van der Waals surface area contributed by atoms with Crippen LogP contribution in [0, 0.1) is 0 Å². The van der Waals surface area contributed by atoms with Gasteiger partial charge in [-0.2, -0.15) is 0 Å². The number of nitrogens with zero attached hydrogens (tertiary/aromatic N) is 5. The quantitative estimate of drug-likeness (QED) is 0.414. The molecule has 0 aliphatic rings. The molecule has 0 aromatic carbocycles. The second kappa shape index (κ2) is 9.67. The molecule has 0 saturated carbocycles. The zero-order chi connectivity index (χ0) is 25.0. The summed E-state index contributed by atoms with van der Waals surface area (Å²) in [5, 5.41) is 5.75. The summed E-state index contributed by atoms with van der Waals surface area (Å²) in [6.45, 7) is 8.23. The maximum absolute atomic E-state index is 11.4. The van der Waals surface area contributed by atoms with Crippen LogP contribution in [0.5, 0.6) is 5.88 Å². The van der Waals surface area contributed by atoms with E-state index in [0.29, 0.717) is 35.4 Å². The van der Waals surface area contributed by atoms with Crippen molar-refractivity contribution in [2.45, 2.75) is 39.2 Å². The molecule has 0 spiro atoms. The molecule has 5 N–H and O–H groups in total. The second-order valence-electron chi connectivity index (χ2n) is 8.32. The molecular formula is C21H29N9O3. The number of H-pyrrole nitrogens is 1. The fourth-order valence-electron chi connectivity index (χ4n) is 2.82. The topological polar surface area (TPSA) is 166 Å². The van der Waals surface area contributed by atoms with E-state index in [2.05, 4.69) is 40.3 Å². The highest BCUT2D eigenvalue weighted by atomic mass is 16.5. The molecule has 0 unspecified atom stereocenters. The number of methoxy groups -OCH3 is 2. The number of amides is 1. The van der Waals surface area contributed by atoms with Crippen molar-refractivity contribution in [3.05, 3.63) is 24.3 Å². The van der Waals surface area contributed by atoms with Gasteiger partial charge in [0, 0.05) is 24.2 Å². The smallest absolute Gasteiger partial charge is 0.407 e. The Morgan fingerprint density at radius 1 is 1.24 bits per heavy atom. The van der Waals surface area contributed by atoms with E-state index in [4.69, 9.17) is 16.8 Å². The Kier molecular flexibility index (Phi) is 6.52. The lowest BCUT2D eigenvalue weighted by atomic mass is 9.96. The van der Waals surface area contributed by atoms with Gasteiger partial charge >= 0.3 is 6.09 Å². The number of ether oxygens (including phenoxy) is 2. The lowest BCUT2D eigenvalue weighted by Gasteiger charge is -2.14. The van der Waals surface area contributed by atoms with Gasteiger partial charge in [0.05, 0.1) is 33.2 Å². The highest BCUT2D eigenvalue weighted by Gasteiger charge is 2.24. The van der Waals surface area contributed by atoms with Gasteiger partial charge in [0.1, 0.15) is 17.2 Å². The Labute approximate surface area is 193 Å². The number of carbonyl (C=O) groups is 1. The number of nitrogens with two attached hydrogens (primary N) is 1. The maximum atomic E-state index is 11.4. The van der Waals surface area contributed by atoms with Gasteiger partial charge < -0.3 is 30.8 Å². The van der Waals surface area contributed by atoms with E-state index in [1.807, 2.05) is 27.7 Å². The van der Waals surface area contributed by atoms with Crippen LogP contribution >= 0.6 is 0 Å². The Balaban J connectivity index is 2.01. The second-order valence-corrected chi connectivity index (χ2v) is 8.32. The van der Waals surface area contributed by atoms with E-state index in [1.165, 1.54) is 14.2 Å². The normalized spacial score (nSPS) is 12.6. The number of aromatic nitrogens is 6. The lowest BCUT2D eigenvalue weighted by Crippen LogP contribution is -2.37. The first kappa shape index (κ1) is 22.2. The first-order valence-corrected chi connectivity index (χ1v) is 10.2. The predicted molar refractivity (Wildman–Crippen MR) is 124 cm³/mol. The fourth-order valence-corrected chi connectivity index (χ4v) is 2.82. The molecule has 0 bridgehead atoms. The first-order chi connectivity index (χ1) is 16.0. The number of alkyl carbamates (subject to hydrolysis) is 1. The Bertz CT molecular complexity index is 1180. The summed E-state index contributed by atoms with van der Waals surface area (Å²) in [7, 11) is 2.73. The molecule has 0 fully saturated rings. The summed E-state index contributed by atoms with van der Waals surface area (Å²) in [6, 6.07) is 1.49. The van der Waals surface area contributed by atoms with E-state index in [1.54, 1.807) is 12.3 Å². The largest absolute Gasteiger partial charge is 0.478 e. The number of imidazole rings is 1. The number of hydrogen-bond acceptors (Lipinski definition) is 10. The van der Waals surface area contributed by atoms with Crippen molar-refractivity contribution >= 4 is 17.9 Å². The van der Waals surface area contributed by atoms with Gasteiger partial charge in [0.2, 0.25) is 5.95 Å². The van der Waals surface area contributed by atoms with Crippen molar-refractivity contribution in [3.63, 3.8) is 0 Å². The Morgan fingerprint density at radius 3 is 2.67 bits per heavy atom. The van der Waals surface area contributed by atoms with Crippen LogP contribution < -0.4 is 21.1 Å². The third kappa shape index (κ3) is 5.64. The number of carbonyl (C=O) groups excluding carboxylic acids is 1. The van der Waals surface area contributed by atoms with Crippen molar-refractivity contribution in [2.24, 2.45) is 0 Å². The zero-order valence-electron chi connectivity index (χ0n) is 20.5.